The summed E-state index contributed by atoms with van der Waals surface area (Å²) in [6.07, 6.45) is 5.31. The Labute approximate surface area is 235 Å². The first kappa shape index (κ1) is 28.7. The van der Waals surface area contributed by atoms with Gasteiger partial charge in [-0.2, -0.15) is 0 Å². The number of nitrogens with zero attached hydrogens (tertiary/aromatic N) is 1. The third-order valence-corrected chi connectivity index (χ3v) is 10.8. The van der Waals surface area contributed by atoms with E-state index in [1.54, 1.807) is 0 Å². The molecule has 0 spiro atoms. The smallest absolute Gasteiger partial charge is 0.262 e. The quantitative estimate of drug-likeness (QED) is 0.283. The van der Waals surface area contributed by atoms with Gasteiger partial charge in [-0.05, 0) is 70.4 Å². The molecule has 4 rings (SSSR count). The first-order valence-electron chi connectivity index (χ1n) is 12.6. The van der Waals surface area contributed by atoms with Gasteiger partial charge in [0.1, 0.15) is 11.9 Å². The Morgan fingerprint density at radius 1 is 1.16 bits per heavy atom. The number of carbonyl (C=O) groups excluding carboxylic acids is 2. The van der Waals surface area contributed by atoms with Crippen molar-refractivity contribution in [3.8, 4) is 0 Å². The van der Waals surface area contributed by atoms with Crippen molar-refractivity contribution in [1.82, 2.24) is 14.9 Å². The van der Waals surface area contributed by atoms with Crippen LogP contribution in [-0.2, 0) is 14.8 Å². The zero-order valence-corrected chi connectivity index (χ0v) is 24.3. The zero-order chi connectivity index (χ0) is 27.3. The van der Waals surface area contributed by atoms with Gasteiger partial charge in [-0.25, -0.2) is 17.1 Å². The van der Waals surface area contributed by atoms with Crippen LogP contribution < -0.4 is 10.6 Å². The average Bonchev–Trinajstić information content (AvgIpc) is 3.55. The minimum absolute atomic E-state index is 0.0222. The van der Waals surface area contributed by atoms with E-state index in [0.29, 0.717) is 23.6 Å². The van der Waals surface area contributed by atoms with Gasteiger partial charge >= 0.3 is 0 Å². The summed E-state index contributed by atoms with van der Waals surface area (Å²) in [5.74, 6) is -0.676. The molecule has 1 atom stereocenters. The molecular weight excluding hydrogens is 593 g/mol. The number of sulfonamides is 1. The van der Waals surface area contributed by atoms with E-state index >= 15 is 0 Å². The van der Waals surface area contributed by atoms with Gasteiger partial charge in [0.05, 0.1) is 9.77 Å². The molecule has 0 saturated heterocycles. The maximum atomic E-state index is 13.4. The second-order valence-corrected chi connectivity index (χ2v) is 13.6. The van der Waals surface area contributed by atoms with Crippen LogP contribution in [-0.4, -0.2) is 50.7 Å². The van der Waals surface area contributed by atoms with Crippen molar-refractivity contribution in [2.45, 2.75) is 49.5 Å². The van der Waals surface area contributed by atoms with E-state index in [-0.39, 0.29) is 34.3 Å². The monoisotopic (exact) mass is 623 g/mol. The van der Waals surface area contributed by atoms with Gasteiger partial charge in [0.2, 0.25) is 15.9 Å². The van der Waals surface area contributed by atoms with Crippen molar-refractivity contribution in [3.05, 3.63) is 63.7 Å². The molecule has 2 aromatic carbocycles. The third-order valence-electron chi connectivity index (χ3n) is 6.85. The number of thiophene rings is 1. The number of hydrogen-bond donors (Lipinski definition) is 2. The van der Waals surface area contributed by atoms with Crippen LogP contribution in [0.15, 0.2) is 57.9 Å². The number of amides is 2. The molecule has 1 aromatic heterocycles. The lowest BCUT2D eigenvalue weighted by Crippen LogP contribution is -2.48. The van der Waals surface area contributed by atoms with E-state index in [1.807, 2.05) is 30.3 Å². The van der Waals surface area contributed by atoms with Crippen LogP contribution in [0.2, 0.25) is 0 Å². The van der Waals surface area contributed by atoms with Crippen molar-refractivity contribution in [1.29, 1.82) is 0 Å². The molecule has 7 nitrogen and oxygen atoms in total. The lowest BCUT2D eigenvalue weighted by Gasteiger charge is -2.22. The van der Waals surface area contributed by atoms with Gasteiger partial charge in [-0.15, -0.1) is 11.3 Å². The molecule has 38 heavy (non-hydrogen) atoms. The minimum Gasteiger partial charge on any atom is -0.354 e. The predicted molar refractivity (Wildman–Crippen MR) is 151 cm³/mol. The maximum Gasteiger partial charge on any atom is 0.262 e. The van der Waals surface area contributed by atoms with E-state index in [9.17, 15) is 22.4 Å². The van der Waals surface area contributed by atoms with E-state index in [2.05, 4.69) is 26.6 Å². The number of benzene rings is 2. The van der Waals surface area contributed by atoms with Gasteiger partial charge in [-0.1, -0.05) is 43.9 Å². The van der Waals surface area contributed by atoms with Crippen molar-refractivity contribution < 1.29 is 22.4 Å². The molecule has 0 bridgehead atoms. The molecule has 1 aliphatic carbocycles. The SMILES string of the molecule is CN(CCCNC(=O)[C@H](CC1CCCC1)NC(=O)c1cc2ccccc2s1)S(=O)(=O)c1ccc(F)cc1Br. The molecule has 0 unspecified atom stereocenters. The number of rotatable bonds is 11. The highest BCUT2D eigenvalue weighted by atomic mass is 79.9. The van der Waals surface area contributed by atoms with Gasteiger partial charge in [0, 0.05) is 29.3 Å². The van der Waals surface area contributed by atoms with E-state index < -0.39 is 21.9 Å². The Kier molecular flexibility index (Phi) is 9.56. The van der Waals surface area contributed by atoms with E-state index in [4.69, 9.17) is 0 Å². The normalized spacial score (nSPS) is 15.2. The van der Waals surface area contributed by atoms with Gasteiger partial charge in [0.25, 0.3) is 5.91 Å². The predicted octanol–water partition coefficient (Wildman–Crippen LogP) is 5.31. The van der Waals surface area contributed by atoms with Crippen LogP contribution in [0.5, 0.6) is 0 Å². The van der Waals surface area contributed by atoms with Crippen LogP contribution in [0.1, 0.15) is 48.2 Å². The van der Waals surface area contributed by atoms with Gasteiger partial charge in [0.15, 0.2) is 0 Å². The van der Waals surface area contributed by atoms with E-state index in [1.165, 1.54) is 28.8 Å². The highest BCUT2D eigenvalue weighted by Crippen LogP contribution is 2.30. The van der Waals surface area contributed by atoms with Crippen LogP contribution >= 0.6 is 27.3 Å². The molecule has 1 saturated carbocycles. The van der Waals surface area contributed by atoms with Crippen molar-refractivity contribution >= 4 is 59.2 Å². The molecule has 2 amide bonds. The highest BCUT2D eigenvalue weighted by Gasteiger charge is 2.28. The summed E-state index contributed by atoms with van der Waals surface area (Å²) in [5, 5.41) is 6.81. The Morgan fingerprint density at radius 3 is 2.61 bits per heavy atom. The Bertz CT molecular complexity index is 1370. The lowest BCUT2D eigenvalue weighted by atomic mass is 9.97. The molecule has 204 valence electrons. The largest absolute Gasteiger partial charge is 0.354 e. The Hall–Kier alpha value is -2.34. The lowest BCUT2D eigenvalue weighted by molar-refractivity contribution is -0.123. The number of nitrogens with one attached hydrogen (secondary N) is 2. The zero-order valence-electron chi connectivity index (χ0n) is 21.1. The average molecular weight is 625 g/mol. The summed E-state index contributed by atoms with van der Waals surface area (Å²) in [6.45, 7) is 0.414. The molecule has 0 radical (unpaired) electrons. The fourth-order valence-corrected chi connectivity index (χ4v) is 7.92. The fourth-order valence-electron chi connectivity index (χ4n) is 4.74. The first-order valence-corrected chi connectivity index (χ1v) is 15.7. The highest BCUT2D eigenvalue weighted by molar-refractivity contribution is 9.10. The summed E-state index contributed by atoms with van der Waals surface area (Å²) in [4.78, 5) is 26.7. The topological polar surface area (TPSA) is 95.6 Å². The Balaban J connectivity index is 1.34. The molecule has 1 fully saturated rings. The van der Waals surface area contributed by atoms with Crippen molar-refractivity contribution in [2.24, 2.45) is 5.92 Å². The molecule has 0 aliphatic heterocycles. The van der Waals surface area contributed by atoms with Crippen molar-refractivity contribution in [2.75, 3.05) is 20.1 Å². The van der Waals surface area contributed by atoms with E-state index in [0.717, 1.165) is 47.9 Å². The second-order valence-electron chi connectivity index (χ2n) is 9.61. The fraction of sp³-hybridized carbons (Fsp3) is 0.407. The molecule has 1 aliphatic rings. The summed E-state index contributed by atoms with van der Waals surface area (Å²) in [5.41, 5.74) is 0. The van der Waals surface area contributed by atoms with Gasteiger partial charge in [-0.3, -0.25) is 9.59 Å². The summed E-state index contributed by atoms with van der Waals surface area (Å²) >= 11 is 4.51. The summed E-state index contributed by atoms with van der Waals surface area (Å²) in [6, 6.07) is 12.4. The van der Waals surface area contributed by atoms with Crippen molar-refractivity contribution in [3.63, 3.8) is 0 Å². The molecule has 1 heterocycles. The summed E-state index contributed by atoms with van der Waals surface area (Å²) < 4.78 is 41.4. The van der Waals surface area contributed by atoms with Crippen LogP contribution in [0.4, 0.5) is 4.39 Å². The molecule has 11 heteroatoms. The number of carbonyl (C=O) groups is 2. The minimum atomic E-state index is -3.83. The standard InChI is InChI=1S/C27H31BrFN3O4S2/c1-32(38(35,36)25-12-11-20(29)17-21(25)28)14-6-13-30-26(33)22(15-18-7-2-3-8-18)31-27(34)24-16-19-9-4-5-10-23(19)37-24/h4-5,9-12,16-18,22H,2-3,6-8,13-15H2,1H3,(H,30,33)(H,31,34)/t22-/m0/s1. The van der Waals surface area contributed by atoms with Crippen LogP contribution in [0.25, 0.3) is 10.1 Å². The molecule has 3 aromatic rings. The molecule has 2 N–H and O–H groups in total. The maximum absolute atomic E-state index is 13.4. The summed E-state index contributed by atoms with van der Waals surface area (Å²) in [7, 11) is -2.38. The Morgan fingerprint density at radius 2 is 1.89 bits per heavy atom. The molecular formula is C27H31BrFN3O4S2. The number of hydrogen-bond acceptors (Lipinski definition) is 5. The van der Waals surface area contributed by atoms with Gasteiger partial charge < -0.3 is 10.6 Å². The number of fused-ring (bicyclic) bond motifs is 1. The second kappa shape index (κ2) is 12.7. The van der Waals surface area contributed by atoms with Crippen LogP contribution in [0.3, 0.4) is 0 Å². The van der Waals surface area contributed by atoms with Crippen LogP contribution in [0, 0.1) is 11.7 Å². The first-order chi connectivity index (χ1) is 18.1. The number of halogens is 2. The third kappa shape index (κ3) is 6.99.